The van der Waals surface area contributed by atoms with Crippen molar-refractivity contribution in [3.8, 4) is 0 Å². The minimum atomic E-state index is -5.59. The lowest BCUT2D eigenvalue weighted by Crippen LogP contribution is -2.72. The Morgan fingerprint density at radius 2 is 1.60 bits per heavy atom. The molecule has 0 aliphatic carbocycles. The molecule has 60 heavy (non-hydrogen) atoms. The summed E-state index contributed by atoms with van der Waals surface area (Å²) in [6.45, 7) is 8.64. The van der Waals surface area contributed by atoms with E-state index >= 15 is 0 Å². The molecule has 23 heteroatoms. The second-order valence-corrected chi connectivity index (χ2v) is 21.1. The number of carbonyl (C=O) groups is 6. The first-order valence-corrected chi connectivity index (χ1v) is 22.5. The Hall–Kier alpha value is -4.23. The molecule has 0 saturated carbocycles. The Morgan fingerprint density at radius 3 is 2.15 bits per heavy atom. The van der Waals surface area contributed by atoms with Gasteiger partial charge in [-0.1, -0.05) is 50.0 Å². The van der Waals surface area contributed by atoms with Gasteiger partial charge in [0.25, 0.3) is 5.79 Å². The number of esters is 4. The molecule has 1 amide bonds. The Morgan fingerprint density at radius 1 is 0.950 bits per heavy atom. The van der Waals surface area contributed by atoms with Crippen LogP contribution in [0.5, 0.6) is 0 Å². The second kappa shape index (κ2) is 20.1. The van der Waals surface area contributed by atoms with Gasteiger partial charge in [-0.15, -0.1) is 0 Å². The summed E-state index contributed by atoms with van der Waals surface area (Å²) in [4.78, 5) is 75.5. The lowest BCUT2D eigenvalue weighted by molar-refractivity contribution is -0.399. The Balaban J connectivity index is 1.89. The fourth-order valence-electron chi connectivity index (χ4n) is 6.69. The number of nitrogens with one attached hydrogen (secondary N) is 1. The van der Waals surface area contributed by atoms with Gasteiger partial charge in [-0.25, -0.2) is 4.79 Å². The Labute approximate surface area is 343 Å². The van der Waals surface area contributed by atoms with Crippen molar-refractivity contribution in [1.82, 2.24) is 5.32 Å². The fraction of sp³-hybridized carbons (Fsp3) is 0.676. The molecule has 3 aliphatic rings. The first-order valence-electron chi connectivity index (χ1n) is 18.8. The number of ether oxygens (including phenoxy) is 10. The molecule has 0 spiro atoms. The first kappa shape index (κ1) is 48.4. The van der Waals surface area contributed by atoms with E-state index in [9.17, 15) is 52.2 Å². The molecule has 336 valence electrons. The van der Waals surface area contributed by atoms with Gasteiger partial charge in [-0.05, 0) is 6.04 Å². The highest BCUT2D eigenvalue weighted by Crippen LogP contribution is 2.42. The fourth-order valence-corrected chi connectivity index (χ4v) is 7.42. The minimum absolute atomic E-state index is 0.0948. The zero-order valence-corrected chi connectivity index (χ0v) is 34.8. The van der Waals surface area contributed by atoms with Crippen molar-refractivity contribution >= 4 is 43.8 Å². The van der Waals surface area contributed by atoms with Crippen molar-refractivity contribution in [1.29, 1.82) is 0 Å². The van der Waals surface area contributed by atoms with E-state index in [1.54, 1.807) is 35.6 Å². The SMILES string of the molecule is CC(=O)OC[C@@H](OC(C)=O)[C@@H](OC(C)=O)[C@@H]1O[C@@](O[C@@H]2[C@@H](O)[C@H](OCC[Si](C)(C)C)O[C@@H]3COC(c4ccccc4)O[C@H]23)(C(=O)O)C[C@H](OC(C)=O)[C@H]1NC(=O)C(F)(F)F. The number of carboxylic acid groups (broad SMARTS) is 1. The number of hydrogen-bond acceptors (Lipinski definition) is 17. The third-order valence-electron chi connectivity index (χ3n) is 9.35. The summed E-state index contributed by atoms with van der Waals surface area (Å²) in [5, 5.41) is 24.5. The maximum absolute atomic E-state index is 13.8. The van der Waals surface area contributed by atoms with Crippen molar-refractivity contribution in [2.24, 2.45) is 0 Å². The summed E-state index contributed by atoms with van der Waals surface area (Å²) in [7, 11) is -1.72. The highest BCUT2D eigenvalue weighted by atomic mass is 28.3. The predicted molar refractivity (Wildman–Crippen MR) is 195 cm³/mol. The molecular weight excluding hydrogens is 831 g/mol. The smallest absolute Gasteiger partial charge is 0.471 e. The van der Waals surface area contributed by atoms with Crippen molar-refractivity contribution in [3.05, 3.63) is 35.9 Å². The number of carbonyl (C=O) groups excluding carboxylic acids is 5. The predicted octanol–water partition coefficient (Wildman–Crippen LogP) is 1.90. The lowest BCUT2D eigenvalue weighted by Gasteiger charge is -2.52. The molecule has 3 N–H and O–H groups in total. The molecule has 3 fully saturated rings. The van der Waals surface area contributed by atoms with Gasteiger partial charge in [0.15, 0.2) is 24.8 Å². The molecule has 0 radical (unpaired) electrons. The summed E-state index contributed by atoms with van der Waals surface area (Å²) < 4.78 is 98.9. The number of aliphatic hydroxyl groups excluding tert-OH is 1. The van der Waals surface area contributed by atoms with Gasteiger partial charge in [-0.3, -0.25) is 24.0 Å². The zero-order chi connectivity index (χ0) is 44.7. The van der Waals surface area contributed by atoms with Crippen LogP contribution in [0.4, 0.5) is 13.2 Å². The molecule has 0 bridgehead atoms. The monoisotopic (exact) mass is 881 g/mol. The van der Waals surface area contributed by atoms with E-state index in [0.717, 1.165) is 27.7 Å². The number of aliphatic carboxylic acids is 1. The van der Waals surface area contributed by atoms with Crippen LogP contribution in [0.3, 0.4) is 0 Å². The van der Waals surface area contributed by atoms with Crippen LogP contribution in [-0.2, 0) is 76.1 Å². The maximum atomic E-state index is 13.8. The van der Waals surface area contributed by atoms with E-state index in [-0.39, 0.29) is 13.2 Å². The molecule has 4 rings (SSSR count). The number of amides is 1. The van der Waals surface area contributed by atoms with Crippen LogP contribution in [-0.4, -0.2) is 147 Å². The average molecular weight is 882 g/mol. The third-order valence-corrected chi connectivity index (χ3v) is 11.1. The third kappa shape index (κ3) is 12.9. The van der Waals surface area contributed by atoms with Gasteiger partial charge in [-0.2, -0.15) is 13.2 Å². The molecule has 1 aromatic carbocycles. The molecular formula is C37H50F3NO18Si. The van der Waals surface area contributed by atoms with Crippen LogP contribution in [0.2, 0.25) is 25.7 Å². The second-order valence-electron chi connectivity index (χ2n) is 15.5. The van der Waals surface area contributed by atoms with Crippen molar-refractivity contribution in [2.45, 2.75) is 139 Å². The molecule has 12 atom stereocenters. The normalized spacial score (nSPS) is 30.4. The van der Waals surface area contributed by atoms with E-state index in [1.165, 1.54) is 0 Å². The number of benzene rings is 1. The summed E-state index contributed by atoms with van der Waals surface area (Å²) in [6.07, 6.45) is -24.2. The number of fused-ring (bicyclic) bond motifs is 1. The van der Waals surface area contributed by atoms with Crippen LogP contribution in [0.15, 0.2) is 30.3 Å². The number of alkyl halides is 3. The van der Waals surface area contributed by atoms with Crippen LogP contribution in [0, 0.1) is 0 Å². The molecule has 1 unspecified atom stereocenters. The summed E-state index contributed by atoms with van der Waals surface area (Å²) in [6, 6.07) is 6.82. The van der Waals surface area contributed by atoms with Gasteiger partial charge < -0.3 is 62.9 Å². The molecule has 0 aromatic heterocycles. The van der Waals surface area contributed by atoms with Crippen LogP contribution < -0.4 is 5.32 Å². The van der Waals surface area contributed by atoms with E-state index in [2.05, 4.69) is 19.6 Å². The molecule has 3 saturated heterocycles. The van der Waals surface area contributed by atoms with Gasteiger partial charge >= 0.3 is 41.9 Å². The highest BCUT2D eigenvalue weighted by molar-refractivity contribution is 6.76. The quantitative estimate of drug-likeness (QED) is 0.122. The van der Waals surface area contributed by atoms with Gasteiger partial charge in [0.05, 0.1) is 19.1 Å². The van der Waals surface area contributed by atoms with Gasteiger partial charge in [0, 0.05) is 47.9 Å². The minimum Gasteiger partial charge on any atom is -0.477 e. The summed E-state index contributed by atoms with van der Waals surface area (Å²) in [5.74, 6) is -12.3. The molecule has 3 aliphatic heterocycles. The van der Waals surface area contributed by atoms with Crippen molar-refractivity contribution in [2.75, 3.05) is 19.8 Å². The number of rotatable bonds is 16. The van der Waals surface area contributed by atoms with E-state index in [0.29, 0.717) is 11.6 Å². The average Bonchev–Trinajstić information content (AvgIpc) is 3.13. The largest absolute Gasteiger partial charge is 0.477 e. The number of aliphatic hydroxyl groups is 1. The number of carboxylic acids is 1. The topological polar surface area (TPSA) is 247 Å². The van der Waals surface area contributed by atoms with Crippen LogP contribution in [0.1, 0.15) is 46.0 Å². The standard InChI is InChI=1S/C37H50F3NO18Si/c1-18(42)51-16-24(54-20(3)44)28(55-21(4)45)30-26(41-34(47)37(38,39)40)23(53-19(2)43)15-36(58-30,35(48)49)59-31-27(46)33(50-13-14-60(5,6)7)56-25-17-52-32(57-29(25)31)22-11-9-8-10-12-22/h8-12,23-33,46H,13-17H2,1-7H3,(H,41,47)(H,48,49)/t23-,24+,25+,26+,27+,28+,29-,30+,31+,32?,33+,36-/m0/s1. The summed E-state index contributed by atoms with van der Waals surface area (Å²) >= 11 is 0. The van der Waals surface area contributed by atoms with Crippen molar-refractivity contribution in [3.63, 3.8) is 0 Å². The van der Waals surface area contributed by atoms with Crippen LogP contribution in [0.25, 0.3) is 0 Å². The Bertz CT molecular complexity index is 1700. The maximum Gasteiger partial charge on any atom is 0.471 e. The van der Waals surface area contributed by atoms with E-state index in [1.807, 2.05) is 0 Å². The zero-order valence-electron chi connectivity index (χ0n) is 33.8. The lowest BCUT2D eigenvalue weighted by atomic mass is 9.87. The van der Waals surface area contributed by atoms with E-state index in [4.69, 9.17) is 47.4 Å². The van der Waals surface area contributed by atoms with Gasteiger partial charge in [0.1, 0.15) is 43.2 Å². The number of halogens is 3. The number of hydrogen-bond donors (Lipinski definition) is 3. The first-order chi connectivity index (χ1) is 27.9. The molecule has 3 heterocycles. The van der Waals surface area contributed by atoms with Crippen LogP contribution >= 0.6 is 0 Å². The van der Waals surface area contributed by atoms with Crippen molar-refractivity contribution < 1.29 is 99.5 Å². The summed E-state index contributed by atoms with van der Waals surface area (Å²) in [5.41, 5.74) is 0.506. The van der Waals surface area contributed by atoms with Gasteiger partial charge in [0.2, 0.25) is 0 Å². The Kier molecular flexibility index (Phi) is 16.2. The van der Waals surface area contributed by atoms with E-state index < -0.39 is 136 Å². The highest BCUT2D eigenvalue weighted by Gasteiger charge is 2.63. The molecule has 1 aromatic rings. The molecule has 19 nitrogen and oxygen atoms in total.